The summed E-state index contributed by atoms with van der Waals surface area (Å²) in [5, 5.41) is 11.1. The average Bonchev–Trinajstić information content (AvgIpc) is 2.92. The van der Waals surface area contributed by atoms with E-state index in [1.54, 1.807) is 0 Å². The van der Waals surface area contributed by atoms with Crippen LogP contribution in [0.25, 0.3) is 11.5 Å². The van der Waals surface area contributed by atoms with Crippen LogP contribution in [0.3, 0.4) is 0 Å². The fraction of sp³-hybridized carbons (Fsp3) is 0.308. The molecule has 106 valence electrons. The number of amides is 1. The minimum Gasteiger partial charge on any atom is -0.411 e. The number of rotatable bonds is 6. The van der Waals surface area contributed by atoms with Gasteiger partial charge in [0.05, 0.1) is 11.3 Å². The third-order valence-electron chi connectivity index (χ3n) is 2.41. The molecule has 1 heterocycles. The highest BCUT2D eigenvalue weighted by Crippen LogP contribution is 2.28. The second kappa shape index (κ2) is 7.44. The van der Waals surface area contributed by atoms with Crippen molar-refractivity contribution in [3.8, 4) is 11.5 Å². The van der Waals surface area contributed by atoms with Gasteiger partial charge in [0.2, 0.25) is 11.8 Å². The molecular weight excluding hydrogens is 342 g/mol. The summed E-state index contributed by atoms with van der Waals surface area (Å²) in [5.74, 6) is 0.684. The molecule has 0 atom stereocenters. The largest absolute Gasteiger partial charge is 0.411 e. The van der Waals surface area contributed by atoms with E-state index >= 15 is 0 Å². The van der Waals surface area contributed by atoms with Crippen molar-refractivity contribution < 1.29 is 9.21 Å². The predicted molar refractivity (Wildman–Crippen MR) is 81.5 cm³/mol. The maximum Gasteiger partial charge on any atom is 0.277 e. The van der Waals surface area contributed by atoms with Crippen LogP contribution in [0.15, 0.2) is 38.4 Å². The van der Waals surface area contributed by atoms with Crippen LogP contribution in [0.2, 0.25) is 0 Å². The highest BCUT2D eigenvalue weighted by atomic mass is 79.9. The number of benzene rings is 1. The summed E-state index contributed by atoms with van der Waals surface area (Å²) >= 11 is 4.67. The molecule has 0 fully saturated rings. The molecule has 20 heavy (non-hydrogen) atoms. The van der Waals surface area contributed by atoms with Gasteiger partial charge in [-0.25, -0.2) is 0 Å². The lowest BCUT2D eigenvalue weighted by molar-refractivity contribution is -0.118. The summed E-state index contributed by atoms with van der Waals surface area (Å²) in [7, 11) is 0. The van der Waals surface area contributed by atoms with Gasteiger partial charge in [-0.1, -0.05) is 30.8 Å². The molecule has 1 aromatic carbocycles. The zero-order chi connectivity index (χ0) is 14.4. The smallest absolute Gasteiger partial charge is 0.277 e. The Morgan fingerprint density at radius 1 is 1.40 bits per heavy atom. The van der Waals surface area contributed by atoms with E-state index in [2.05, 4.69) is 31.4 Å². The van der Waals surface area contributed by atoms with Gasteiger partial charge in [-0.05, 0) is 34.5 Å². The number of hydrogen-bond acceptors (Lipinski definition) is 5. The topological polar surface area (TPSA) is 68.0 Å². The zero-order valence-electron chi connectivity index (χ0n) is 10.9. The number of thioether (sulfide) groups is 1. The van der Waals surface area contributed by atoms with Crippen molar-refractivity contribution in [3.63, 3.8) is 0 Å². The van der Waals surface area contributed by atoms with Gasteiger partial charge in [0, 0.05) is 11.0 Å². The molecule has 0 saturated heterocycles. The Bertz CT molecular complexity index is 589. The van der Waals surface area contributed by atoms with Crippen molar-refractivity contribution in [3.05, 3.63) is 28.7 Å². The maximum atomic E-state index is 11.5. The predicted octanol–water partition coefficient (Wildman–Crippen LogP) is 3.12. The van der Waals surface area contributed by atoms with Crippen molar-refractivity contribution in [2.24, 2.45) is 0 Å². The lowest BCUT2D eigenvalue weighted by atomic mass is 10.2. The van der Waals surface area contributed by atoms with Crippen molar-refractivity contribution >= 4 is 33.6 Å². The Labute approximate surface area is 129 Å². The van der Waals surface area contributed by atoms with Crippen LogP contribution in [0.5, 0.6) is 0 Å². The number of aromatic nitrogens is 2. The average molecular weight is 356 g/mol. The highest BCUT2D eigenvalue weighted by molar-refractivity contribution is 9.10. The Balaban J connectivity index is 1.96. The van der Waals surface area contributed by atoms with E-state index in [1.165, 1.54) is 11.8 Å². The Morgan fingerprint density at radius 3 is 2.95 bits per heavy atom. The first-order valence-electron chi connectivity index (χ1n) is 6.18. The van der Waals surface area contributed by atoms with E-state index in [0.29, 0.717) is 17.7 Å². The zero-order valence-corrected chi connectivity index (χ0v) is 13.3. The van der Waals surface area contributed by atoms with Gasteiger partial charge in [-0.3, -0.25) is 4.79 Å². The number of nitrogens with one attached hydrogen (secondary N) is 1. The van der Waals surface area contributed by atoms with Gasteiger partial charge in [-0.15, -0.1) is 10.2 Å². The second-order valence-electron chi connectivity index (χ2n) is 3.99. The lowest BCUT2D eigenvalue weighted by Crippen LogP contribution is -2.25. The monoisotopic (exact) mass is 355 g/mol. The second-order valence-corrected chi connectivity index (χ2v) is 5.77. The molecular formula is C13H14BrN3O2S. The molecule has 1 aromatic heterocycles. The Kier molecular flexibility index (Phi) is 5.60. The molecule has 0 aliphatic heterocycles. The molecule has 0 saturated carbocycles. The quantitative estimate of drug-likeness (QED) is 0.806. The van der Waals surface area contributed by atoms with E-state index in [0.717, 1.165) is 16.5 Å². The molecule has 1 N–H and O–H groups in total. The molecule has 5 nitrogen and oxygen atoms in total. The van der Waals surface area contributed by atoms with Gasteiger partial charge in [0.1, 0.15) is 0 Å². The van der Waals surface area contributed by atoms with Crippen LogP contribution in [-0.4, -0.2) is 28.4 Å². The van der Waals surface area contributed by atoms with Crippen molar-refractivity contribution in [2.75, 3.05) is 12.3 Å². The van der Waals surface area contributed by atoms with E-state index in [9.17, 15) is 4.79 Å². The first-order valence-corrected chi connectivity index (χ1v) is 7.96. The summed E-state index contributed by atoms with van der Waals surface area (Å²) in [5.41, 5.74) is 0.835. The third kappa shape index (κ3) is 4.08. The first-order chi connectivity index (χ1) is 9.70. The molecule has 0 spiro atoms. The van der Waals surface area contributed by atoms with E-state index < -0.39 is 0 Å². The molecule has 2 aromatic rings. The maximum absolute atomic E-state index is 11.5. The number of halogens is 1. The van der Waals surface area contributed by atoms with Gasteiger partial charge < -0.3 is 9.73 Å². The third-order valence-corrected chi connectivity index (χ3v) is 3.92. The van der Waals surface area contributed by atoms with Crippen LogP contribution in [0.4, 0.5) is 0 Å². The van der Waals surface area contributed by atoms with Crippen molar-refractivity contribution in [2.45, 2.75) is 18.6 Å². The molecule has 0 unspecified atom stereocenters. The van der Waals surface area contributed by atoms with Crippen molar-refractivity contribution in [1.82, 2.24) is 15.5 Å². The van der Waals surface area contributed by atoms with Gasteiger partial charge in [0.15, 0.2) is 0 Å². The normalized spacial score (nSPS) is 10.5. The number of carbonyl (C=O) groups excluding carboxylic acids is 1. The number of carbonyl (C=O) groups is 1. The summed E-state index contributed by atoms with van der Waals surface area (Å²) in [4.78, 5) is 11.5. The molecule has 7 heteroatoms. The summed E-state index contributed by atoms with van der Waals surface area (Å²) in [6.07, 6.45) is 0.920. The molecule has 0 aliphatic rings. The summed E-state index contributed by atoms with van der Waals surface area (Å²) in [6, 6.07) is 7.61. The minimum absolute atomic E-state index is 0.0301. The van der Waals surface area contributed by atoms with Gasteiger partial charge >= 0.3 is 0 Å². The first kappa shape index (κ1) is 15.1. The Morgan fingerprint density at radius 2 is 2.20 bits per heavy atom. The van der Waals surface area contributed by atoms with E-state index in [-0.39, 0.29) is 11.7 Å². The SMILES string of the molecule is CCCNC(=O)CSc1nnc(-c2ccccc2Br)o1. The highest BCUT2D eigenvalue weighted by Gasteiger charge is 2.12. The van der Waals surface area contributed by atoms with Crippen LogP contribution in [-0.2, 0) is 4.79 Å². The molecule has 2 rings (SSSR count). The summed E-state index contributed by atoms with van der Waals surface area (Å²) < 4.78 is 6.43. The Hall–Kier alpha value is -1.34. The van der Waals surface area contributed by atoms with Crippen molar-refractivity contribution in [1.29, 1.82) is 0 Å². The van der Waals surface area contributed by atoms with E-state index in [4.69, 9.17) is 4.42 Å². The molecule has 0 bridgehead atoms. The fourth-order valence-electron chi connectivity index (χ4n) is 1.45. The lowest BCUT2D eigenvalue weighted by Gasteiger charge is -2.00. The minimum atomic E-state index is -0.0301. The summed E-state index contributed by atoms with van der Waals surface area (Å²) in [6.45, 7) is 2.70. The fourth-order valence-corrected chi connectivity index (χ4v) is 2.50. The molecule has 1 amide bonds. The van der Waals surface area contributed by atoms with E-state index in [1.807, 2.05) is 31.2 Å². The van der Waals surface area contributed by atoms with Crippen LogP contribution < -0.4 is 5.32 Å². The van der Waals surface area contributed by atoms with Crippen LogP contribution in [0, 0.1) is 0 Å². The van der Waals surface area contributed by atoms with Crippen LogP contribution >= 0.6 is 27.7 Å². The standard InChI is InChI=1S/C13H14BrN3O2S/c1-2-7-15-11(18)8-20-13-17-16-12(19-13)9-5-3-4-6-10(9)14/h3-6H,2,7-8H2,1H3,(H,15,18). The number of nitrogens with zero attached hydrogens (tertiary/aromatic N) is 2. The van der Waals surface area contributed by atoms with Crippen LogP contribution in [0.1, 0.15) is 13.3 Å². The van der Waals surface area contributed by atoms with Gasteiger partial charge in [0.25, 0.3) is 5.22 Å². The van der Waals surface area contributed by atoms with Gasteiger partial charge in [-0.2, -0.15) is 0 Å². The molecule has 0 aliphatic carbocycles. The molecule has 0 radical (unpaired) electrons. The number of hydrogen-bond donors (Lipinski definition) is 1.